The van der Waals surface area contributed by atoms with Gasteiger partial charge in [-0.15, -0.1) is 0 Å². The number of benzene rings is 1. The zero-order chi connectivity index (χ0) is 12.4. The summed E-state index contributed by atoms with van der Waals surface area (Å²) < 4.78 is 0. The summed E-state index contributed by atoms with van der Waals surface area (Å²) in [7, 11) is 0. The molecule has 0 aromatic heterocycles. The van der Waals surface area contributed by atoms with Crippen LogP contribution in [0.3, 0.4) is 0 Å². The van der Waals surface area contributed by atoms with E-state index in [1.165, 1.54) is 0 Å². The van der Waals surface area contributed by atoms with Crippen LogP contribution in [-0.2, 0) is 9.59 Å². The van der Waals surface area contributed by atoms with Gasteiger partial charge in [0.05, 0.1) is 17.5 Å². The van der Waals surface area contributed by atoms with Crippen LogP contribution >= 0.6 is 0 Å². The van der Waals surface area contributed by atoms with Crippen molar-refractivity contribution in [2.45, 2.75) is 6.42 Å². The Morgan fingerprint density at radius 3 is 2.59 bits per heavy atom. The number of carbonyl (C=O) groups excluding carboxylic acids is 2. The monoisotopic (exact) mass is 233 g/mol. The number of carboxylic acids is 1. The van der Waals surface area contributed by atoms with Crippen molar-refractivity contribution < 1.29 is 19.5 Å². The maximum absolute atomic E-state index is 11.7. The molecule has 1 aromatic carbocycles. The number of amides is 1. The highest BCUT2D eigenvalue weighted by atomic mass is 16.4. The highest BCUT2D eigenvalue weighted by Crippen LogP contribution is 2.39. The van der Waals surface area contributed by atoms with Gasteiger partial charge in [-0.2, -0.15) is 0 Å². The van der Waals surface area contributed by atoms with Crippen LogP contribution in [0.1, 0.15) is 16.8 Å². The second kappa shape index (κ2) is 4.37. The summed E-state index contributed by atoms with van der Waals surface area (Å²) in [6.07, 6.45) is 1.02. The van der Waals surface area contributed by atoms with Crippen LogP contribution in [0.25, 0.3) is 0 Å². The second-order valence-electron chi connectivity index (χ2n) is 3.98. The van der Waals surface area contributed by atoms with E-state index in [2.05, 4.69) is 5.32 Å². The van der Waals surface area contributed by atoms with Crippen molar-refractivity contribution in [2.75, 3.05) is 5.32 Å². The summed E-state index contributed by atoms with van der Waals surface area (Å²) >= 11 is 0. The average Bonchev–Trinajstić information content (AvgIpc) is 3.09. The Balaban J connectivity index is 2.04. The molecule has 1 aliphatic rings. The highest BCUT2D eigenvalue weighted by Gasteiger charge is 2.48. The first-order chi connectivity index (χ1) is 8.13. The normalized spacial score (nSPS) is 21.6. The molecule has 0 spiro atoms. The number of hydrogen-bond donors (Lipinski definition) is 2. The van der Waals surface area contributed by atoms with Crippen LogP contribution in [0.4, 0.5) is 5.69 Å². The SMILES string of the molecule is O=Cc1ccccc1NC(=O)[C@H]1C[C@@H]1C(=O)O. The van der Waals surface area contributed by atoms with E-state index in [-0.39, 0.29) is 5.91 Å². The molecule has 0 heterocycles. The molecule has 1 fully saturated rings. The lowest BCUT2D eigenvalue weighted by atomic mass is 10.2. The molecule has 1 aromatic rings. The Morgan fingerprint density at radius 2 is 2.00 bits per heavy atom. The maximum Gasteiger partial charge on any atom is 0.307 e. The quantitative estimate of drug-likeness (QED) is 0.764. The van der Waals surface area contributed by atoms with Crippen molar-refractivity contribution in [1.29, 1.82) is 0 Å². The molecule has 1 saturated carbocycles. The summed E-state index contributed by atoms with van der Waals surface area (Å²) in [6.45, 7) is 0. The number of nitrogens with one attached hydrogen (secondary N) is 1. The molecular weight excluding hydrogens is 222 g/mol. The summed E-state index contributed by atoms with van der Waals surface area (Å²) in [4.78, 5) is 33.0. The van der Waals surface area contributed by atoms with Crippen LogP contribution in [0, 0.1) is 11.8 Å². The van der Waals surface area contributed by atoms with E-state index in [1.54, 1.807) is 24.3 Å². The molecule has 5 heteroatoms. The number of aliphatic carboxylic acids is 1. The van der Waals surface area contributed by atoms with Gasteiger partial charge in [-0.25, -0.2) is 0 Å². The third-order valence-corrected chi connectivity index (χ3v) is 2.79. The predicted octanol–water partition coefficient (Wildman–Crippen LogP) is 1.16. The average molecular weight is 233 g/mol. The van der Waals surface area contributed by atoms with Crippen LogP contribution in [0.2, 0.25) is 0 Å². The highest BCUT2D eigenvalue weighted by molar-refractivity contribution is 6.01. The number of para-hydroxylation sites is 1. The minimum atomic E-state index is -0.950. The van der Waals surface area contributed by atoms with Crippen molar-refractivity contribution >= 4 is 23.9 Å². The van der Waals surface area contributed by atoms with Gasteiger partial charge in [0.1, 0.15) is 0 Å². The topological polar surface area (TPSA) is 83.5 Å². The smallest absolute Gasteiger partial charge is 0.307 e. The molecule has 1 aliphatic carbocycles. The molecule has 2 N–H and O–H groups in total. The Labute approximate surface area is 97.4 Å². The Bertz CT molecular complexity index is 483. The fourth-order valence-corrected chi connectivity index (χ4v) is 1.70. The van der Waals surface area contributed by atoms with Gasteiger partial charge in [-0.05, 0) is 18.6 Å². The number of aldehydes is 1. The van der Waals surface area contributed by atoms with Crippen molar-refractivity contribution in [2.24, 2.45) is 11.8 Å². The van der Waals surface area contributed by atoms with E-state index in [0.717, 1.165) is 0 Å². The fourth-order valence-electron chi connectivity index (χ4n) is 1.70. The zero-order valence-electron chi connectivity index (χ0n) is 8.92. The van der Waals surface area contributed by atoms with Gasteiger partial charge in [-0.3, -0.25) is 14.4 Å². The van der Waals surface area contributed by atoms with E-state index in [1.807, 2.05) is 0 Å². The Morgan fingerprint density at radius 1 is 1.29 bits per heavy atom. The number of rotatable bonds is 4. The van der Waals surface area contributed by atoms with Crippen molar-refractivity contribution in [1.82, 2.24) is 0 Å². The van der Waals surface area contributed by atoms with Gasteiger partial charge < -0.3 is 10.4 Å². The maximum atomic E-state index is 11.7. The van der Waals surface area contributed by atoms with E-state index in [0.29, 0.717) is 24.0 Å². The first-order valence-electron chi connectivity index (χ1n) is 5.21. The Kier molecular flexibility index (Phi) is 2.91. The first kappa shape index (κ1) is 11.3. The number of hydrogen-bond acceptors (Lipinski definition) is 3. The molecule has 2 atom stereocenters. The summed E-state index contributed by atoms with van der Waals surface area (Å²) in [5.41, 5.74) is 0.803. The Hall–Kier alpha value is -2.17. The number of anilines is 1. The number of carbonyl (C=O) groups is 3. The van der Waals surface area contributed by atoms with Gasteiger partial charge in [0.15, 0.2) is 6.29 Å². The lowest BCUT2D eigenvalue weighted by molar-refractivity contribution is -0.139. The zero-order valence-corrected chi connectivity index (χ0v) is 8.92. The summed E-state index contributed by atoms with van der Waals surface area (Å²) in [5.74, 6) is -2.36. The van der Waals surface area contributed by atoms with Gasteiger partial charge in [-0.1, -0.05) is 12.1 Å². The van der Waals surface area contributed by atoms with Crippen molar-refractivity contribution in [3.8, 4) is 0 Å². The minimum Gasteiger partial charge on any atom is -0.481 e. The molecule has 2 rings (SSSR count). The lowest BCUT2D eigenvalue weighted by Gasteiger charge is -2.06. The first-order valence-corrected chi connectivity index (χ1v) is 5.21. The predicted molar refractivity (Wildman–Crippen MR) is 59.7 cm³/mol. The molecule has 88 valence electrons. The number of carboxylic acid groups (broad SMARTS) is 1. The van der Waals surface area contributed by atoms with Gasteiger partial charge in [0, 0.05) is 5.56 Å². The molecule has 0 unspecified atom stereocenters. The molecule has 0 bridgehead atoms. The third kappa shape index (κ3) is 2.33. The van der Waals surface area contributed by atoms with Crippen LogP contribution in [-0.4, -0.2) is 23.3 Å². The van der Waals surface area contributed by atoms with E-state index >= 15 is 0 Å². The molecule has 0 saturated heterocycles. The summed E-state index contributed by atoms with van der Waals surface area (Å²) in [5, 5.41) is 11.3. The van der Waals surface area contributed by atoms with Gasteiger partial charge >= 0.3 is 5.97 Å². The largest absolute Gasteiger partial charge is 0.481 e. The molecule has 17 heavy (non-hydrogen) atoms. The minimum absolute atomic E-state index is 0.341. The van der Waals surface area contributed by atoms with Crippen molar-refractivity contribution in [3.63, 3.8) is 0 Å². The van der Waals surface area contributed by atoms with E-state index in [4.69, 9.17) is 5.11 Å². The van der Waals surface area contributed by atoms with Crippen LogP contribution in [0.15, 0.2) is 24.3 Å². The van der Waals surface area contributed by atoms with Gasteiger partial charge in [0.2, 0.25) is 5.91 Å². The summed E-state index contributed by atoms with van der Waals surface area (Å²) in [6, 6.07) is 6.59. The third-order valence-electron chi connectivity index (χ3n) is 2.79. The van der Waals surface area contributed by atoms with Crippen LogP contribution < -0.4 is 5.32 Å². The van der Waals surface area contributed by atoms with Gasteiger partial charge in [0.25, 0.3) is 0 Å². The van der Waals surface area contributed by atoms with Crippen LogP contribution in [0.5, 0.6) is 0 Å². The molecule has 0 radical (unpaired) electrons. The van der Waals surface area contributed by atoms with E-state index < -0.39 is 17.8 Å². The lowest BCUT2D eigenvalue weighted by Crippen LogP contribution is -2.17. The molecular formula is C12H11NO4. The van der Waals surface area contributed by atoms with Crippen molar-refractivity contribution in [3.05, 3.63) is 29.8 Å². The van der Waals surface area contributed by atoms with E-state index in [9.17, 15) is 14.4 Å². The standard InChI is InChI=1S/C12H11NO4/c14-6-7-3-1-2-4-10(7)13-11(15)8-5-9(8)12(16)17/h1-4,6,8-9H,5H2,(H,13,15)(H,16,17)/t8-,9-/m0/s1. The molecule has 0 aliphatic heterocycles. The molecule has 5 nitrogen and oxygen atoms in total. The molecule has 1 amide bonds. The second-order valence-corrected chi connectivity index (χ2v) is 3.98. The fraction of sp³-hybridized carbons (Fsp3) is 0.250.